The van der Waals surface area contributed by atoms with Crippen molar-refractivity contribution in [3.8, 4) is 0 Å². The first-order valence-corrected chi connectivity index (χ1v) is 16.8. The summed E-state index contributed by atoms with van der Waals surface area (Å²) in [4.78, 5) is 27.8. The molecule has 2 aromatic carbocycles. The first-order chi connectivity index (χ1) is 19.4. The molecule has 0 aromatic heterocycles. The van der Waals surface area contributed by atoms with Crippen molar-refractivity contribution in [2.24, 2.45) is 17.8 Å². The maximum Gasteiger partial charge on any atom is 0.416 e. The van der Waals surface area contributed by atoms with Crippen LogP contribution < -0.4 is 0 Å². The van der Waals surface area contributed by atoms with Crippen LogP contribution in [0.15, 0.2) is 53.3 Å². The first kappa shape index (κ1) is 33.3. The van der Waals surface area contributed by atoms with Gasteiger partial charge in [-0.25, -0.2) is 0 Å². The summed E-state index contributed by atoms with van der Waals surface area (Å²) >= 11 is 1.60. The highest BCUT2D eigenvalue weighted by molar-refractivity contribution is 8.02. The predicted molar refractivity (Wildman–Crippen MR) is 163 cm³/mol. The van der Waals surface area contributed by atoms with E-state index in [1.54, 1.807) is 17.2 Å². The quantitative estimate of drug-likeness (QED) is 0.215. The summed E-state index contributed by atoms with van der Waals surface area (Å²) in [6.45, 7) is 12.0. The van der Waals surface area contributed by atoms with Gasteiger partial charge in [-0.1, -0.05) is 51.5 Å². The average molecular weight is 607 g/mol. The van der Waals surface area contributed by atoms with E-state index in [1.165, 1.54) is 12.1 Å². The van der Waals surface area contributed by atoms with Gasteiger partial charge >= 0.3 is 6.18 Å². The molecular formula is C33H41F3O3S2. The number of carbonyl (C=O) groups is 2. The van der Waals surface area contributed by atoms with Crippen molar-refractivity contribution in [2.45, 2.75) is 83.2 Å². The Morgan fingerprint density at radius 1 is 1.02 bits per heavy atom. The topological polar surface area (TPSA) is 51.2 Å². The molecule has 1 aliphatic carbocycles. The lowest BCUT2D eigenvalue weighted by Gasteiger charge is -2.35. The highest BCUT2D eigenvalue weighted by atomic mass is 32.2. The summed E-state index contributed by atoms with van der Waals surface area (Å²) < 4.78 is 52.6. The van der Waals surface area contributed by atoms with Gasteiger partial charge in [-0.2, -0.15) is 13.2 Å². The van der Waals surface area contributed by atoms with Crippen LogP contribution in [0.25, 0.3) is 0 Å². The molecule has 1 saturated carbocycles. The van der Waals surface area contributed by atoms with E-state index in [9.17, 15) is 27.0 Å². The fourth-order valence-electron chi connectivity index (χ4n) is 6.04. The Kier molecular flexibility index (Phi) is 12.0. The number of hydrogen-bond donors (Lipinski definition) is 0. The number of alkyl halides is 3. The molecule has 0 spiro atoms. The predicted octanol–water partition coefficient (Wildman–Crippen LogP) is 8.49. The largest absolute Gasteiger partial charge is 0.416 e. The van der Waals surface area contributed by atoms with Crippen LogP contribution in [-0.2, 0) is 39.4 Å². The molecule has 1 fully saturated rings. The van der Waals surface area contributed by atoms with Crippen LogP contribution in [0, 0.1) is 24.7 Å². The third-order valence-corrected chi connectivity index (χ3v) is 10.7. The Labute approximate surface area is 249 Å². The second-order valence-electron chi connectivity index (χ2n) is 11.0. The zero-order valence-electron chi connectivity index (χ0n) is 24.4. The molecule has 0 amide bonds. The second-order valence-corrected chi connectivity index (χ2v) is 13.5. The monoisotopic (exact) mass is 606 g/mol. The van der Waals surface area contributed by atoms with E-state index in [0.717, 1.165) is 59.4 Å². The minimum absolute atomic E-state index is 0.0849. The Morgan fingerprint density at radius 3 is 2.05 bits per heavy atom. The van der Waals surface area contributed by atoms with Crippen molar-refractivity contribution in [3.05, 3.63) is 76.2 Å². The van der Waals surface area contributed by atoms with E-state index >= 15 is 0 Å². The zero-order valence-corrected chi connectivity index (χ0v) is 26.0. The average Bonchev–Trinajstić information content (AvgIpc) is 2.93. The second kappa shape index (κ2) is 14.8. The standard InChI is InChI=1S/C33H41F3O3S2/c1-6-22(19-40-9-4)16-26(20-41(39)28-12-10-27(11-13-28)33(34,35)36)25-17-29(37)32(30(38)18-25)31-23(7-2)14-21(5)15-24(31)8-3/h9-15,22,25-26,32H,4,6-8,16-20H2,1-3,5H3. The van der Waals surface area contributed by atoms with Crippen LogP contribution in [0.3, 0.4) is 0 Å². The molecule has 2 aromatic rings. The van der Waals surface area contributed by atoms with Crippen molar-refractivity contribution in [1.29, 1.82) is 0 Å². The van der Waals surface area contributed by atoms with Crippen molar-refractivity contribution in [2.75, 3.05) is 11.5 Å². The maximum absolute atomic E-state index is 13.7. The molecule has 1 aliphatic rings. The number of carbonyl (C=O) groups excluding carboxylic acids is 2. The van der Waals surface area contributed by atoms with Gasteiger partial charge in [0, 0.05) is 29.2 Å². The third kappa shape index (κ3) is 8.44. The number of thioether (sulfide) groups is 1. The zero-order chi connectivity index (χ0) is 30.3. The molecule has 3 rings (SSSR count). The fraction of sp³-hybridized carbons (Fsp3) is 0.515. The van der Waals surface area contributed by atoms with E-state index in [1.807, 2.05) is 20.8 Å². The Hall–Kier alpha value is -2.19. The molecular weight excluding hydrogens is 565 g/mol. The summed E-state index contributed by atoms with van der Waals surface area (Å²) in [6.07, 6.45) is -0.968. The molecule has 224 valence electrons. The molecule has 8 heteroatoms. The van der Waals surface area contributed by atoms with Gasteiger partial charge in [0.25, 0.3) is 0 Å². The number of Topliss-reactive ketones (excluding diaryl/α,β-unsaturated/α-hetero) is 2. The van der Waals surface area contributed by atoms with Crippen molar-refractivity contribution in [1.82, 2.24) is 0 Å². The van der Waals surface area contributed by atoms with Crippen molar-refractivity contribution < 1.29 is 27.0 Å². The van der Waals surface area contributed by atoms with Crippen LogP contribution in [0.1, 0.15) is 80.2 Å². The minimum Gasteiger partial charge on any atom is -0.299 e. The number of hydrogen-bond acceptors (Lipinski definition) is 4. The summed E-state index contributed by atoms with van der Waals surface area (Å²) in [5, 5.41) is 1.79. The van der Waals surface area contributed by atoms with E-state index in [2.05, 4.69) is 25.6 Å². The van der Waals surface area contributed by atoms with Crippen LogP contribution in [-0.4, -0.2) is 27.3 Å². The highest BCUT2D eigenvalue weighted by Gasteiger charge is 2.41. The molecule has 3 atom stereocenters. The lowest BCUT2D eigenvalue weighted by molar-refractivity contribution is -0.138. The normalized spacial score (nSPS) is 20.1. The molecule has 3 unspecified atom stereocenters. The van der Waals surface area contributed by atoms with Crippen LogP contribution in [0.4, 0.5) is 13.2 Å². The number of aryl methyl sites for hydroxylation is 3. The molecule has 0 aliphatic heterocycles. The van der Waals surface area contributed by atoms with Gasteiger partial charge in [-0.05, 0) is 90.3 Å². The molecule has 0 radical (unpaired) electrons. The number of benzene rings is 2. The van der Waals surface area contributed by atoms with Gasteiger partial charge < -0.3 is 0 Å². The van der Waals surface area contributed by atoms with Crippen LogP contribution in [0.5, 0.6) is 0 Å². The summed E-state index contributed by atoms with van der Waals surface area (Å²) in [6, 6.07) is 8.58. The molecule has 0 heterocycles. The Balaban J connectivity index is 1.89. The lowest BCUT2D eigenvalue weighted by atomic mass is 9.69. The fourth-order valence-corrected chi connectivity index (χ4v) is 8.25. The van der Waals surface area contributed by atoms with Gasteiger partial charge in [-0.3, -0.25) is 13.8 Å². The van der Waals surface area contributed by atoms with Gasteiger partial charge in [0.1, 0.15) is 17.5 Å². The molecule has 0 N–H and O–H groups in total. The first-order valence-electron chi connectivity index (χ1n) is 14.4. The Bertz CT molecular complexity index is 1210. The SMILES string of the molecule is C=CSCC(CC)CC(CS(=O)c1ccc(C(F)(F)F)cc1)C1CC(=O)C(c2c(CC)cc(C)cc2CC)C(=O)C1. The van der Waals surface area contributed by atoms with Gasteiger partial charge in [0.2, 0.25) is 0 Å². The van der Waals surface area contributed by atoms with E-state index in [-0.39, 0.29) is 47.9 Å². The molecule has 3 nitrogen and oxygen atoms in total. The molecule has 0 bridgehead atoms. The summed E-state index contributed by atoms with van der Waals surface area (Å²) in [5.41, 5.74) is 3.28. The van der Waals surface area contributed by atoms with Gasteiger partial charge in [0.15, 0.2) is 0 Å². The minimum atomic E-state index is -4.47. The van der Waals surface area contributed by atoms with Crippen molar-refractivity contribution >= 4 is 34.1 Å². The van der Waals surface area contributed by atoms with Gasteiger partial charge in [-0.15, -0.1) is 11.8 Å². The molecule has 41 heavy (non-hydrogen) atoms. The third-order valence-electron chi connectivity index (χ3n) is 8.26. The maximum atomic E-state index is 13.7. The smallest absolute Gasteiger partial charge is 0.299 e. The summed E-state index contributed by atoms with van der Waals surface area (Å²) in [7, 11) is -1.57. The highest BCUT2D eigenvalue weighted by Crippen LogP contribution is 2.40. The van der Waals surface area contributed by atoms with E-state index in [0.29, 0.717) is 11.3 Å². The van der Waals surface area contributed by atoms with E-state index in [4.69, 9.17) is 0 Å². The van der Waals surface area contributed by atoms with Crippen LogP contribution >= 0.6 is 11.8 Å². The number of rotatable bonds is 13. The van der Waals surface area contributed by atoms with E-state index < -0.39 is 28.5 Å². The Morgan fingerprint density at radius 2 is 1.59 bits per heavy atom. The van der Waals surface area contributed by atoms with Crippen LogP contribution in [0.2, 0.25) is 0 Å². The van der Waals surface area contributed by atoms with Crippen molar-refractivity contribution in [3.63, 3.8) is 0 Å². The number of halogens is 3. The number of ketones is 2. The lowest BCUT2D eigenvalue weighted by Crippen LogP contribution is -2.38. The molecule has 0 saturated heterocycles. The van der Waals surface area contributed by atoms with Gasteiger partial charge in [0.05, 0.1) is 16.4 Å². The summed E-state index contributed by atoms with van der Waals surface area (Å²) in [5.74, 6) is -0.0889.